The van der Waals surface area contributed by atoms with Crippen LogP contribution in [0.3, 0.4) is 0 Å². The molecule has 0 fully saturated rings. The summed E-state index contributed by atoms with van der Waals surface area (Å²) in [6.07, 6.45) is 0. The van der Waals surface area contributed by atoms with Crippen LogP contribution in [0.15, 0.2) is 0 Å². The van der Waals surface area contributed by atoms with E-state index in [4.69, 9.17) is 11.5 Å². The molecule has 5 heavy (non-hydrogen) atoms. The standard InChI is InChI=1S/C2H8N2.Fe/c3-1-2-4;/h1-4H2;/q;+3. The van der Waals surface area contributed by atoms with Gasteiger partial charge >= 0.3 is 17.1 Å². The largest absolute Gasteiger partial charge is 3.00 e. The van der Waals surface area contributed by atoms with E-state index < -0.39 is 0 Å². The molecule has 1 radical (unpaired) electrons. The molecule has 0 saturated carbocycles. The maximum atomic E-state index is 4.90. The van der Waals surface area contributed by atoms with Gasteiger partial charge in [0.15, 0.2) is 0 Å². The van der Waals surface area contributed by atoms with Crippen LogP contribution in [-0.2, 0) is 17.1 Å². The van der Waals surface area contributed by atoms with E-state index >= 15 is 0 Å². The first-order valence-corrected chi connectivity index (χ1v) is 1.32. The Morgan fingerprint density at radius 2 is 1.20 bits per heavy atom. The van der Waals surface area contributed by atoms with Crippen molar-refractivity contribution in [3.05, 3.63) is 0 Å². The van der Waals surface area contributed by atoms with Gasteiger partial charge in [0.25, 0.3) is 0 Å². The molecule has 0 rings (SSSR count). The van der Waals surface area contributed by atoms with Crippen LogP contribution < -0.4 is 11.5 Å². The molecule has 0 aromatic carbocycles. The van der Waals surface area contributed by atoms with Gasteiger partial charge in [-0.3, -0.25) is 0 Å². The van der Waals surface area contributed by atoms with E-state index in [2.05, 4.69) is 0 Å². The third-order valence-corrected chi connectivity index (χ3v) is 0.167. The molecule has 0 bridgehead atoms. The average Bonchev–Trinajstić information content (AvgIpc) is 1.37. The van der Waals surface area contributed by atoms with Crippen LogP contribution >= 0.6 is 0 Å². The Morgan fingerprint density at radius 3 is 1.20 bits per heavy atom. The van der Waals surface area contributed by atoms with Gasteiger partial charge in [-0.05, 0) is 0 Å². The van der Waals surface area contributed by atoms with Crippen LogP contribution in [0.2, 0.25) is 0 Å². The quantitative estimate of drug-likeness (QED) is 0.427. The first-order valence-electron chi connectivity index (χ1n) is 1.32. The van der Waals surface area contributed by atoms with E-state index in [-0.39, 0.29) is 17.1 Å². The molecule has 0 aliphatic carbocycles. The van der Waals surface area contributed by atoms with Gasteiger partial charge in [0.2, 0.25) is 0 Å². The third kappa shape index (κ3) is 12.8. The van der Waals surface area contributed by atoms with E-state index in [0.717, 1.165) is 0 Å². The molecule has 0 aromatic rings. The third-order valence-electron chi connectivity index (χ3n) is 0.167. The van der Waals surface area contributed by atoms with E-state index in [1.807, 2.05) is 0 Å². The van der Waals surface area contributed by atoms with E-state index in [0.29, 0.717) is 13.1 Å². The molecule has 0 heterocycles. The minimum Gasteiger partial charge on any atom is -0.329 e. The van der Waals surface area contributed by atoms with Gasteiger partial charge in [0.1, 0.15) is 0 Å². The summed E-state index contributed by atoms with van der Waals surface area (Å²) in [4.78, 5) is 0. The Morgan fingerprint density at radius 1 is 1.00 bits per heavy atom. The molecule has 0 aliphatic heterocycles. The van der Waals surface area contributed by atoms with Gasteiger partial charge in [0, 0.05) is 13.1 Å². The second kappa shape index (κ2) is 8.83. The molecule has 0 aromatic heterocycles. The number of rotatable bonds is 1. The Hall–Kier alpha value is 0.439. The Balaban J connectivity index is 0. The summed E-state index contributed by atoms with van der Waals surface area (Å²) in [5.41, 5.74) is 9.81. The predicted molar refractivity (Wildman–Crippen MR) is 18.1 cm³/mol. The first kappa shape index (κ1) is 9.06. The predicted octanol–water partition coefficient (Wildman–Crippen LogP) is -1.10. The molecule has 0 atom stereocenters. The molecule has 3 heteroatoms. The summed E-state index contributed by atoms with van der Waals surface area (Å²) < 4.78 is 0. The molecule has 0 spiro atoms. The molecular weight excluding hydrogens is 108 g/mol. The monoisotopic (exact) mass is 116 g/mol. The molecule has 0 aliphatic rings. The van der Waals surface area contributed by atoms with Crippen LogP contribution in [0.25, 0.3) is 0 Å². The van der Waals surface area contributed by atoms with Gasteiger partial charge in [-0.15, -0.1) is 0 Å². The summed E-state index contributed by atoms with van der Waals surface area (Å²) in [6.45, 7) is 1.19. The normalized spacial score (nSPS) is 6.00. The Kier molecular flexibility index (Phi) is 16.0. The second-order valence-electron chi connectivity index (χ2n) is 0.577. The molecule has 2 nitrogen and oxygen atoms in total. The summed E-state index contributed by atoms with van der Waals surface area (Å²) in [5, 5.41) is 0. The number of hydrogen-bond acceptors (Lipinski definition) is 2. The molecular formula is C2H8FeN2+3. The van der Waals surface area contributed by atoms with Crippen LogP contribution in [0.1, 0.15) is 0 Å². The smallest absolute Gasteiger partial charge is 0.329 e. The fourth-order valence-corrected chi connectivity index (χ4v) is 0. The zero-order valence-electron chi connectivity index (χ0n) is 2.92. The van der Waals surface area contributed by atoms with Crippen molar-refractivity contribution in [1.82, 2.24) is 0 Å². The van der Waals surface area contributed by atoms with Crippen molar-refractivity contribution in [2.45, 2.75) is 0 Å². The molecule has 0 saturated heterocycles. The number of hydrogen-bond donors (Lipinski definition) is 2. The topological polar surface area (TPSA) is 52.0 Å². The van der Waals surface area contributed by atoms with Crippen molar-refractivity contribution in [3.8, 4) is 0 Å². The van der Waals surface area contributed by atoms with Crippen molar-refractivity contribution in [1.29, 1.82) is 0 Å². The average molecular weight is 116 g/mol. The van der Waals surface area contributed by atoms with Crippen molar-refractivity contribution < 1.29 is 17.1 Å². The Labute approximate surface area is 42.4 Å². The maximum absolute atomic E-state index is 4.90. The van der Waals surface area contributed by atoms with Gasteiger partial charge < -0.3 is 11.5 Å². The summed E-state index contributed by atoms with van der Waals surface area (Å²) in [5.74, 6) is 0. The second-order valence-corrected chi connectivity index (χ2v) is 0.577. The Bertz CT molecular complexity index is 9.61. The fourth-order valence-electron chi connectivity index (χ4n) is 0. The van der Waals surface area contributed by atoms with E-state index in [1.54, 1.807) is 0 Å². The maximum Gasteiger partial charge on any atom is 3.00 e. The van der Waals surface area contributed by atoms with Crippen molar-refractivity contribution in [3.63, 3.8) is 0 Å². The fraction of sp³-hybridized carbons (Fsp3) is 1.00. The zero-order chi connectivity index (χ0) is 3.41. The van der Waals surface area contributed by atoms with Gasteiger partial charge in [-0.1, -0.05) is 0 Å². The molecule has 31 valence electrons. The summed E-state index contributed by atoms with van der Waals surface area (Å²) in [7, 11) is 0. The molecule has 0 unspecified atom stereocenters. The minimum absolute atomic E-state index is 0. The zero-order valence-corrected chi connectivity index (χ0v) is 4.03. The summed E-state index contributed by atoms with van der Waals surface area (Å²) >= 11 is 0. The van der Waals surface area contributed by atoms with Gasteiger partial charge in [-0.25, -0.2) is 0 Å². The van der Waals surface area contributed by atoms with E-state index in [1.165, 1.54) is 0 Å². The van der Waals surface area contributed by atoms with Crippen molar-refractivity contribution in [2.24, 2.45) is 11.5 Å². The molecule has 0 amide bonds. The SMILES string of the molecule is NCCN.[Fe+3]. The minimum atomic E-state index is 0. The van der Waals surface area contributed by atoms with Gasteiger partial charge in [0.05, 0.1) is 0 Å². The van der Waals surface area contributed by atoms with Crippen LogP contribution in [-0.4, -0.2) is 13.1 Å². The van der Waals surface area contributed by atoms with Crippen molar-refractivity contribution in [2.75, 3.05) is 13.1 Å². The first-order chi connectivity index (χ1) is 1.91. The van der Waals surface area contributed by atoms with Crippen LogP contribution in [0, 0.1) is 0 Å². The van der Waals surface area contributed by atoms with E-state index in [9.17, 15) is 0 Å². The van der Waals surface area contributed by atoms with Crippen molar-refractivity contribution >= 4 is 0 Å². The van der Waals surface area contributed by atoms with Gasteiger partial charge in [-0.2, -0.15) is 0 Å². The number of nitrogens with two attached hydrogens (primary N) is 2. The van der Waals surface area contributed by atoms with Crippen LogP contribution in [0.4, 0.5) is 0 Å². The molecule has 4 N–H and O–H groups in total. The van der Waals surface area contributed by atoms with Crippen LogP contribution in [0.5, 0.6) is 0 Å². The summed E-state index contributed by atoms with van der Waals surface area (Å²) in [6, 6.07) is 0.